The summed E-state index contributed by atoms with van der Waals surface area (Å²) in [5, 5.41) is 2.82. The summed E-state index contributed by atoms with van der Waals surface area (Å²) in [5.74, 6) is -0.247. The van der Waals surface area contributed by atoms with E-state index in [2.05, 4.69) is 5.32 Å². The maximum Gasteiger partial charge on any atom is 0.259 e. The van der Waals surface area contributed by atoms with Gasteiger partial charge in [0.15, 0.2) is 6.61 Å². The van der Waals surface area contributed by atoms with Gasteiger partial charge in [-0.1, -0.05) is 25.4 Å². The summed E-state index contributed by atoms with van der Waals surface area (Å²) in [6, 6.07) is 10.5. The quantitative estimate of drug-likeness (QED) is 0.611. The molecule has 2 aromatic rings. The van der Waals surface area contributed by atoms with Gasteiger partial charge in [-0.15, -0.1) is 0 Å². The lowest BCUT2D eigenvalue weighted by atomic mass is 10.2. The molecule has 168 valence electrons. The standard InChI is InChI=1S/C21H26ClN3O5S/c1-5-25(6-2)31(28,29)17-11-12-19(22)18(13-17)21(27)23-15-7-9-16(10-8-15)30-14-20(26)24(3)4/h7-13H,5-6,14H2,1-4H3,(H,23,27). The molecule has 0 radical (unpaired) electrons. The van der Waals surface area contributed by atoms with Gasteiger partial charge in [-0.2, -0.15) is 4.31 Å². The first-order chi connectivity index (χ1) is 14.6. The molecule has 0 aliphatic heterocycles. The first kappa shape index (κ1) is 24.6. The summed E-state index contributed by atoms with van der Waals surface area (Å²) >= 11 is 6.15. The fourth-order valence-electron chi connectivity index (χ4n) is 2.66. The molecule has 0 saturated carbocycles. The molecular formula is C21H26ClN3O5S. The van der Waals surface area contributed by atoms with Gasteiger partial charge in [0, 0.05) is 32.9 Å². The fourth-order valence-corrected chi connectivity index (χ4v) is 4.35. The number of sulfonamides is 1. The van der Waals surface area contributed by atoms with Gasteiger partial charge in [-0.05, 0) is 42.5 Å². The first-order valence-electron chi connectivity index (χ1n) is 9.64. The molecule has 1 N–H and O–H groups in total. The monoisotopic (exact) mass is 467 g/mol. The average Bonchev–Trinajstić information content (AvgIpc) is 2.73. The summed E-state index contributed by atoms with van der Waals surface area (Å²) in [7, 11) is -0.452. The van der Waals surface area contributed by atoms with Gasteiger partial charge in [0.25, 0.3) is 11.8 Å². The molecule has 0 heterocycles. The van der Waals surface area contributed by atoms with Crippen molar-refractivity contribution in [2.75, 3.05) is 39.1 Å². The molecule has 0 bridgehead atoms. The Balaban J connectivity index is 2.16. The highest BCUT2D eigenvalue weighted by Crippen LogP contribution is 2.24. The highest BCUT2D eigenvalue weighted by atomic mass is 35.5. The number of amides is 2. The molecule has 10 heteroatoms. The third-order valence-electron chi connectivity index (χ3n) is 4.50. The summed E-state index contributed by atoms with van der Waals surface area (Å²) in [5.41, 5.74) is 0.510. The summed E-state index contributed by atoms with van der Waals surface area (Å²) < 4.78 is 32.2. The minimum absolute atomic E-state index is 0.0000530. The molecule has 2 aromatic carbocycles. The number of nitrogens with one attached hydrogen (secondary N) is 1. The van der Waals surface area contributed by atoms with Crippen LogP contribution in [0.3, 0.4) is 0 Å². The first-order valence-corrected chi connectivity index (χ1v) is 11.5. The Labute approximate surface area is 187 Å². The van der Waals surface area contributed by atoms with Crippen molar-refractivity contribution >= 4 is 39.1 Å². The van der Waals surface area contributed by atoms with Crippen molar-refractivity contribution in [2.24, 2.45) is 0 Å². The Bertz CT molecular complexity index is 1040. The maximum atomic E-state index is 12.7. The van der Waals surface area contributed by atoms with Crippen molar-refractivity contribution in [1.82, 2.24) is 9.21 Å². The lowest BCUT2D eigenvalue weighted by Crippen LogP contribution is -2.30. The summed E-state index contributed by atoms with van der Waals surface area (Å²) in [6.07, 6.45) is 0. The molecule has 0 aliphatic rings. The van der Waals surface area contributed by atoms with Gasteiger partial charge in [0.05, 0.1) is 15.5 Å². The van der Waals surface area contributed by atoms with Crippen LogP contribution in [0.2, 0.25) is 5.02 Å². The number of ether oxygens (including phenoxy) is 1. The number of hydrogen-bond acceptors (Lipinski definition) is 5. The average molecular weight is 468 g/mol. The molecule has 0 aromatic heterocycles. The summed E-state index contributed by atoms with van der Waals surface area (Å²) in [6.45, 7) is 4.03. The third-order valence-corrected chi connectivity index (χ3v) is 6.87. The molecule has 2 amide bonds. The van der Waals surface area contributed by atoms with Crippen molar-refractivity contribution in [3.63, 3.8) is 0 Å². The van der Waals surface area contributed by atoms with Gasteiger partial charge in [0.1, 0.15) is 5.75 Å². The van der Waals surface area contributed by atoms with E-state index in [1.807, 2.05) is 0 Å². The second-order valence-corrected chi connectivity index (χ2v) is 9.13. The van der Waals surface area contributed by atoms with Crippen LogP contribution in [-0.4, -0.2) is 63.2 Å². The number of hydrogen-bond donors (Lipinski definition) is 1. The number of carbonyl (C=O) groups is 2. The summed E-state index contributed by atoms with van der Waals surface area (Å²) in [4.78, 5) is 25.7. The lowest BCUT2D eigenvalue weighted by molar-refractivity contribution is -0.130. The van der Waals surface area contributed by atoms with Crippen molar-refractivity contribution in [1.29, 1.82) is 0 Å². The number of carbonyl (C=O) groups excluding carboxylic acids is 2. The van der Waals surface area contributed by atoms with Crippen molar-refractivity contribution in [3.8, 4) is 5.75 Å². The van der Waals surface area contributed by atoms with Crippen molar-refractivity contribution in [2.45, 2.75) is 18.7 Å². The van der Waals surface area contributed by atoms with E-state index in [1.54, 1.807) is 52.2 Å². The molecule has 0 spiro atoms. The highest BCUT2D eigenvalue weighted by Gasteiger charge is 2.24. The Morgan fingerprint density at radius 2 is 1.65 bits per heavy atom. The predicted molar refractivity (Wildman–Crippen MR) is 120 cm³/mol. The van der Waals surface area contributed by atoms with Crippen LogP contribution in [0.4, 0.5) is 5.69 Å². The van der Waals surface area contributed by atoms with Crippen molar-refractivity contribution in [3.05, 3.63) is 53.1 Å². The molecule has 31 heavy (non-hydrogen) atoms. The normalized spacial score (nSPS) is 11.3. The van der Waals surface area contributed by atoms with Gasteiger partial charge in [0.2, 0.25) is 10.0 Å². The second-order valence-electron chi connectivity index (χ2n) is 6.79. The zero-order valence-corrected chi connectivity index (χ0v) is 19.5. The Hall–Kier alpha value is -2.62. The Kier molecular flexibility index (Phi) is 8.43. The fraction of sp³-hybridized carbons (Fsp3) is 0.333. The van der Waals surface area contributed by atoms with Crippen LogP contribution >= 0.6 is 11.6 Å². The molecule has 0 saturated heterocycles. The van der Waals surface area contributed by atoms with E-state index in [1.165, 1.54) is 27.4 Å². The van der Waals surface area contributed by atoms with E-state index < -0.39 is 15.9 Å². The van der Waals surface area contributed by atoms with E-state index in [9.17, 15) is 18.0 Å². The molecular weight excluding hydrogens is 442 g/mol. The highest BCUT2D eigenvalue weighted by molar-refractivity contribution is 7.89. The van der Waals surface area contributed by atoms with E-state index in [-0.39, 0.29) is 28.0 Å². The molecule has 0 fully saturated rings. The largest absolute Gasteiger partial charge is 0.484 e. The zero-order valence-electron chi connectivity index (χ0n) is 17.9. The van der Waals surface area contributed by atoms with Crippen LogP contribution in [0.1, 0.15) is 24.2 Å². The zero-order chi connectivity index (χ0) is 23.2. The Morgan fingerprint density at radius 1 is 1.03 bits per heavy atom. The number of likely N-dealkylation sites (N-methyl/N-ethyl adjacent to an activating group) is 1. The van der Waals surface area contributed by atoms with Gasteiger partial charge in [-0.3, -0.25) is 9.59 Å². The van der Waals surface area contributed by atoms with Crippen LogP contribution in [0.25, 0.3) is 0 Å². The number of anilines is 1. The lowest BCUT2D eigenvalue weighted by Gasteiger charge is -2.19. The number of halogens is 1. The smallest absolute Gasteiger partial charge is 0.259 e. The third kappa shape index (κ3) is 6.19. The van der Waals surface area contributed by atoms with E-state index in [4.69, 9.17) is 16.3 Å². The van der Waals surface area contributed by atoms with E-state index in [0.717, 1.165) is 0 Å². The van der Waals surface area contributed by atoms with Crippen LogP contribution in [-0.2, 0) is 14.8 Å². The van der Waals surface area contributed by atoms with Gasteiger partial charge in [-0.25, -0.2) is 8.42 Å². The van der Waals surface area contributed by atoms with Crippen LogP contribution < -0.4 is 10.1 Å². The van der Waals surface area contributed by atoms with Crippen LogP contribution in [0.15, 0.2) is 47.4 Å². The predicted octanol–water partition coefficient (Wildman–Crippen LogP) is 3.09. The number of nitrogens with zero attached hydrogens (tertiary/aromatic N) is 2. The molecule has 0 aliphatic carbocycles. The molecule has 0 unspecified atom stereocenters. The van der Waals surface area contributed by atoms with Crippen molar-refractivity contribution < 1.29 is 22.7 Å². The van der Waals surface area contributed by atoms with E-state index >= 15 is 0 Å². The number of rotatable bonds is 9. The van der Waals surface area contributed by atoms with Crippen LogP contribution in [0.5, 0.6) is 5.75 Å². The minimum Gasteiger partial charge on any atom is -0.484 e. The Morgan fingerprint density at radius 3 is 2.19 bits per heavy atom. The van der Waals surface area contributed by atoms with E-state index in [0.29, 0.717) is 24.5 Å². The topological polar surface area (TPSA) is 96.0 Å². The molecule has 8 nitrogen and oxygen atoms in total. The minimum atomic E-state index is -3.72. The van der Waals surface area contributed by atoms with Gasteiger partial charge >= 0.3 is 0 Å². The second kappa shape index (κ2) is 10.6. The molecule has 2 rings (SSSR count). The molecule has 0 atom stereocenters. The van der Waals surface area contributed by atoms with Crippen LogP contribution in [0, 0.1) is 0 Å². The SMILES string of the molecule is CCN(CC)S(=O)(=O)c1ccc(Cl)c(C(=O)Nc2ccc(OCC(=O)N(C)C)cc2)c1. The maximum absolute atomic E-state index is 12.7. The van der Waals surface area contributed by atoms with Gasteiger partial charge < -0.3 is 15.0 Å². The number of benzene rings is 2.